The Labute approximate surface area is 104 Å². The van der Waals surface area contributed by atoms with E-state index in [1.54, 1.807) is 0 Å². The molecule has 0 aliphatic heterocycles. The summed E-state index contributed by atoms with van der Waals surface area (Å²) in [5.74, 6) is 2.98. The summed E-state index contributed by atoms with van der Waals surface area (Å²) in [5.41, 5.74) is 7.86. The fourth-order valence-corrected chi connectivity index (χ4v) is 3.79. The number of hydrogen-bond acceptors (Lipinski definition) is 2. The molecule has 3 rings (SSSR count). The second kappa shape index (κ2) is 4.25. The molecule has 0 radical (unpaired) electrons. The molecule has 0 aromatic heterocycles. The molecule has 17 heavy (non-hydrogen) atoms. The highest BCUT2D eigenvalue weighted by Crippen LogP contribution is 2.48. The Morgan fingerprint density at radius 3 is 2.53 bits per heavy atom. The van der Waals surface area contributed by atoms with Gasteiger partial charge in [0.1, 0.15) is 0 Å². The highest BCUT2D eigenvalue weighted by molar-refractivity contribution is 5.52. The van der Waals surface area contributed by atoms with Crippen LogP contribution in [0.25, 0.3) is 0 Å². The van der Waals surface area contributed by atoms with E-state index in [1.807, 2.05) is 12.1 Å². The summed E-state index contributed by atoms with van der Waals surface area (Å²) in [5, 5.41) is 0. The summed E-state index contributed by atoms with van der Waals surface area (Å²) in [6.07, 6.45) is 5.93. The first-order valence-electron chi connectivity index (χ1n) is 6.79. The number of hydrogen-bond donors (Lipinski definition) is 1. The number of benzene rings is 1. The summed E-state index contributed by atoms with van der Waals surface area (Å²) in [7, 11) is 2.21. The fraction of sp³-hybridized carbons (Fsp3) is 0.600. The third-order valence-corrected chi connectivity index (χ3v) is 4.73. The molecule has 2 nitrogen and oxygen atoms in total. The van der Waals surface area contributed by atoms with E-state index in [4.69, 9.17) is 5.73 Å². The van der Waals surface area contributed by atoms with Crippen LogP contribution in [-0.2, 0) is 0 Å². The van der Waals surface area contributed by atoms with Gasteiger partial charge in [-0.1, -0.05) is 6.42 Å². The van der Waals surface area contributed by atoms with Crippen molar-refractivity contribution in [3.05, 3.63) is 24.3 Å². The van der Waals surface area contributed by atoms with E-state index >= 15 is 0 Å². The molecule has 2 aliphatic rings. The predicted molar refractivity (Wildman–Crippen MR) is 73.1 cm³/mol. The summed E-state index contributed by atoms with van der Waals surface area (Å²) >= 11 is 0. The Kier molecular flexibility index (Phi) is 2.73. The van der Waals surface area contributed by atoms with Crippen molar-refractivity contribution in [2.45, 2.75) is 25.7 Å². The molecule has 2 bridgehead atoms. The van der Waals surface area contributed by atoms with Crippen LogP contribution in [0.5, 0.6) is 0 Å². The summed E-state index contributed by atoms with van der Waals surface area (Å²) in [6, 6.07) is 8.24. The van der Waals surface area contributed by atoms with Gasteiger partial charge in [0, 0.05) is 25.0 Å². The average Bonchev–Trinajstić information content (AvgIpc) is 2.91. The topological polar surface area (TPSA) is 29.3 Å². The van der Waals surface area contributed by atoms with Crippen molar-refractivity contribution in [3.63, 3.8) is 0 Å². The maximum absolute atomic E-state index is 5.72. The highest BCUT2D eigenvalue weighted by atomic mass is 15.1. The molecular weight excluding hydrogens is 208 g/mol. The van der Waals surface area contributed by atoms with Gasteiger partial charge >= 0.3 is 0 Å². The van der Waals surface area contributed by atoms with Crippen molar-refractivity contribution < 1.29 is 0 Å². The number of nitrogen functional groups attached to an aromatic ring is 1. The van der Waals surface area contributed by atoms with Crippen LogP contribution in [0.4, 0.5) is 11.4 Å². The van der Waals surface area contributed by atoms with Gasteiger partial charge in [-0.25, -0.2) is 0 Å². The van der Waals surface area contributed by atoms with Crippen molar-refractivity contribution in [2.75, 3.05) is 24.2 Å². The van der Waals surface area contributed by atoms with E-state index in [9.17, 15) is 0 Å². The van der Waals surface area contributed by atoms with Gasteiger partial charge in [-0.3, -0.25) is 0 Å². The minimum Gasteiger partial charge on any atom is -0.399 e. The molecule has 2 saturated carbocycles. The predicted octanol–water partition coefficient (Wildman–Crippen LogP) is 3.14. The van der Waals surface area contributed by atoms with Gasteiger partial charge in [-0.2, -0.15) is 0 Å². The normalized spacial score (nSPS) is 30.8. The SMILES string of the molecule is CN(CC1CC2CCC1C2)c1ccc(N)cc1. The summed E-state index contributed by atoms with van der Waals surface area (Å²) in [4.78, 5) is 2.39. The number of fused-ring (bicyclic) bond motifs is 2. The molecule has 1 aromatic carbocycles. The van der Waals surface area contributed by atoms with Crippen LogP contribution in [-0.4, -0.2) is 13.6 Å². The van der Waals surface area contributed by atoms with Crippen LogP contribution in [0.2, 0.25) is 0 Å². The van der Waals surface area contributed by atoms with Gasteiger partial charge in [-0.05, 0) is 61.3 Å². The molecule has 92 valence electrons. The number of nitrogens with zero attached hydrogens (tertiary/aromatic N) is 1. The summed E-state index contributed by atoms with van der Waals surface area (Å²) in [6.45, 7) is 1.21. The molecule has 2 heteroatoms. The first kappa shape index (κ1) is 10.9. The molecular formula is C15H22N2. The van der Waals surface area contributed by atoms with E-state index in [-0.39, 0.29) is 0 Å². The fourth-order valence-electron chi connectivity index (χ4n) is 3.79. The first-order chi connectivity index (χ1) is 8.22. The maximum atomic E-state index is 5.72. The lowest BCUT2D eigenvalue weighted by molar-refractivity contribution is 0.337. The number of anilines is 2. The van der Waals surface area contributed by atoms with Gasteiger partial charge in [0.15, 0.2) is 0 Å². The van der Waals surface area contributed by atoms with Crippen LogP contribution >= 0.6 is 0 Å². The van der Waals surface area contributed by atoms with Crippen molar-refractivity contribution in [1.29, 1.82) is 0 Å². The van der Waals surface area contributed by atoms with Gasteiger partial charge in [0.2, 0.25) is 0 Å². The van der Waals surface area contributed by atoms with E-state index in [2.05, 4.69) is 24.1 Å². The minimum absolute atomic E-state index is 0.849. The third-order valence-electron chi connectivity index (χ3n) is 4.73. The number of rotatable bonds is 3. The maximum Gasteiger partial charge on any atom is 0.0365 e. The quantitative estimate of drug-likeness (QED) is 0.808. The zero-order valence-corrected chi connectivity index (χ0v) is 10.6. The van der Waals surface area contributed by atoms with Crippen LogP contribution in [0.15, 0.2) is 24.3 Å². The van der Waals surface area contributed by atoms with Crippen LogP contribution in [0, 0.1) is 17.8 Å². The van der Waals surface area contributed by atoms with Gasteiger partial charge < -0.3 is 10.6 Å². The lowest BCUT2D eigenvalue weighted by Crippen LogP contribution is -2.28. The van der Waals surface area contributed by atoms with Crippen molar-refractivity contribution in [2.24, 2.45) is 17.8 Å². The van der Waals surface area contributed by atoms with Crippen LogP contribution < -0.4 is 10.6 Å². The monoisotopic (exact) mass is 230 g/mol. The molecule has 0 amide bonds. The van der Waals surface area contributed by atoms with E-state index in [0.717, 1.165) is 23.4 Å². The van der Waals surface area contributed by atoms with E-state index in [0.29, 0.717) is 0 Å². The molecule has 0 saturated heterocycles. The Hall–Kier alpha value is -1.18. The smallest absolute Gasteiger partial charge is 0.0365 e. The van der Waals surface area contributed by atoms with Crippen LogP contribution in [0.3, 0.4) is 0 Å². The Morgan fingerprint density at radius 2 is 1.94 bits per heavy atom. The molecule has 2 aliphatic carbocycles. The zero-order valence-electron chi connectivity index (χ0n) is 10.6. The van der Waals surface area contributed by atoms with Gasteiger partial charge in [0.25, 0.3) is 0 Å². The molecule has 3 atom stereocenters. The van der Waals surface area contributed by atoms with Gasteiger partial charge in [0.05, 0.1) is 0 Å². The van der Waals surface area contributed by atoms with E-state index < -0.39 is 0 Å². The third kappa shape index (κ3) is 2.13. The lowest BCUT2D eigenvalue weighted by Gasteiger charge is -2.28. The Morgan fingerprint density at radius 1 is 1.18 bits per heavy atom. The van der Waals surface area contributed by atoms with E-state index in [1.165, 1.54) is 37.9 Å². The molecule has 2 fully saturated rings. The molecule has 3 unspecified atom stereocenters. The second-order valence-electron chi connectivity index (χ2n) is 5.91. The van der Waals surface area contributed by atoms with Crippen molar-refractivity contribution >= 4 is 11.4 Å². The Balaban J connectivity index is 1.63. The molecule has 2 N–H and O–H groups in total. The number of nitrogens with two attached hydrogens (primary N) is 1. The largest absolute Gasteiger partial charge is 0.399 e. The average molecular weight is 230 g/mol. The Bertz CT molecular complexity index is 384. The van der Waals surface area contributed by atoms with Crippen molar-refractivity contribution in [3.8, 4) is 0 Å². The molecule has 0 spiro atoms. The summed E-state index contributed by atoms with van der Waals surface area (Å²) < 4.78 is 0. The first-order valence-corrected chi connectivity index (χ1v) is 6.79. The minimum atomic E-state index is 0.849. The second-order valence-corrected chi connectivity index (χ2v) is 5.91. The highest BCUT2D eigenvalue weighted by Gasteiger charge is 2.39. The van der Waals surface area contributed by atoms with Crippen LogP contribution in [0.1, 0.15) is 25.7 Å². The van der Waals surface area contributed by atoms with Gasteiger partial charge in [-0.15, -0.1) is 0 Å². The molecule has 1 aromatic rings. The molecule has 0 heterocycles. The lowest BCUT2D eigenvalue weighted by atomic mass is 9.88. The van der Waals surface area contributed by atoms with Crippen molar-refractivity contribution in [1.82, 2.24) is 0 Å². The standard InChI is InChI=1S/C15H22N2/c1-17(15-6-4-14(16)5-7-15)10-13-9-11-2-3-12(13)8-11/h4-7,11-13H,2-3,8-10,16H2,1H3. The zero-order chi connectivity index (χ0) is 11.8.